The van der Waals surface area contributed by atoms with E-state index in [2.05, 4.69) is 58.9 Å². The van der Waals surface area contributed by atoms with Gasteiger partial charge in [-0.2, -0.15) is 0 Å². The van der Waals surface area contributed by atoms with Crippen molar-refractivity contribution in [1.29, 1.82) is 0 Å². The molecule has 1 fully saturated rings. The standard InChI is InChI=1S/C28H29Cl2N3O/c29-26-11-8-24(16-27(26)30)28(23-12-14-31-15-13-23)19-32-20-33(28)17-21-6-9-25(10-7-21)34-18-22-4-2-1-3-5-22/h1-11,16,19,23,31H,12-15,17-18,20H2. The second-order valence-electron chi connectivity index (χ2n) is 9.05. The molecule has 0 radical (unpaired) electrons. The summed E-state index contributed by atoms with van der Waals surface area (Å²) < 4.78 is 5.97. The number of ether oxygens (including phenoxy) is 1. The van der Waals surface area contributed by atoms with Crippen LogP contribution < -0.4 is 10.1 Å². The average molecular weight is 494 g/mol. The number of benzene rings is 3. The zero-order valence-electron chi connectivity index (χ0n) is 19.1. The van der Waals surface area contributed by atoms with Crippen molar-refractivity contribution in [2.45, 2.75) is 31.5 Å². The molecule has 1 atom stereocenters. The summed E-state index contributed by atoms with van der Waals surface area (Å²) in [5, 5.41) is 4.67. The number of nitrogens with one attached hydrogen (secondary N) is 1. The zero-order valence-corrected chi connectivity index (χ0v) is 20.6. The molecule has 0 saturated carbocycles. The van der Waals surface area contributed by atoms with Gasteiger partial charge >= 0.3 is 0 Å². The topological polar surface area (TPSA) is 36.9 Å². The minimum atomic E-state index is -0.293. The molecule has 1 N–H and O–H groups in total. The first kappa shape index (κ1) is 23.4. The lowest BCUT2D eigenvalue weighted by Gasteiger charge is -2.45. The van der Waals surface area contributed by atoms with E-state index in [9.17, 15) is 0 Å². The highest BCUT2D eigenvalue weighted by atomic mass is 35.5. The molecule has 176 valence electrons. The highest BCUT2D eigenvalue weighted by molar-refractivity contribution is 6.42. The van der Waals surface area contributed by atoms with Gasteiger partial charge in [-0.15, -0.1) is 0 Å². The quantitative estimate of drug-likeness (QED) is 0.418. The molecule has 34 heavy (non-hydrogen) atoms. The van der Waals surface area contributed by atoms with Crippen molar-refractivity contribution in [3.63, 3.8) is 0 Å². The van der Waals surface area contributed by atoms with E-state index in [1.807, 2.05) is 30.3 Å². The molecule has 3 aromatic rings. The van der Waals surface area contributed by atoms with E-state index in [0.29, 0.717) is 29.2 Å². The molecular weight excluding hydrogens is 465 g/mol. The van der Waals surface area contributed by atoms with E-state index >= 15 is 0 Å². The number of nitrogens with zero attached hydrogens (tertiary/aromatic N) is 2. The Morgan fingerprint density at radius 3 is 2.41 bits per heavy atom. The first-order valence-corrected chi connectivity index (χ1v) is 12.6. The summed E-state index contributed by atoms with van der Waals surface area (Å²) in [6, 6.07) is 24.7. The second kappa shape index (κ2) is 10.5. The van der Waals surface area contributed by atoms with Crippen molar-refractivity contribution in [3.05, 3.63) is 99.5 Å². The highest BCUT2D eigenvalue weighted by Crippen LogP contribution is 2.44. The minimum Gasteiger partial charge on any atom is -0.489 e. The van der Waals surface area contributed by atoms with Crippen molar-refractivity contribution < 1.29 is 4.74 Å². The van der Waals surface area contributed by atoms with Crippen molar-refractivity contribution in [2.75, 3.05) is 19.8 Å². The largest absolute Gasteiger partial charge is 0.489 e. The minimum absolute atomic E-state index is 0.293. The van der Waals surface area contributed by atoms with E-state index in [0.717, 1.165) is 49.4 Å². The molecule has 0 amide bonds. The molecule has 0 aliphatic carbocycles. The predicted octanol–water partition coefficient (Wildman–Crippen LogP) is 6.31. The lowest BCUT2D eigenvalue weighted by molar-refractivity contribution is 0.0855. The van der Waals surface area contributed by atoms with Crippen molar-refractivity contribution in [3.8, 4) is 5.75 Å². The Labute approximate surface area is 211 Å². The maximum atomic E-state index is 6.47. The molecule has 1 saturated heterocycles. The van der Waals surface area contributed by atoms with E-state index in [4.69, 9.17) is 32.9 Å². The lowest BCUT2D eigenvalue weighted by atomic mass is 9.73. The predicted molar refractivity (Wildman–Crippen MR) is 140 cm³/mol. The number of piperidine rings is 1. The summed E-state index contributed by atoms with van der Waals surface area (Å²) in [5.41, 5.74) is 3.27. The monoisotopic (exact) mass is 493 g/mol. The molecule has 0 bridgehead atoms. The van der Waals surface area contributed by atoms with Crippen molar-refractivity contribution in [2.24, 2.45) is 10.9 Å². The molecule has 3 aromatic carbocycles. The number of aliphatic imine (C=N–C) groups is 1. The summed E-state index contributed by atoms with van der Waals surface area (Å²) >= 11 is 12.7. The smallest absolute Gasteiger partial charge is 0.119 e. The third-order valence-corrected chi connectivity index (χ3v) is 7.69. The summed E-state index contributed by atoms with van der Waals surface area (Å²) in [6.45, 7) is 4.06. The summed E-state index contributed by atoms with van der Waals surface area (Å²) in [6.07, 6.45) is 4.34. The Morgan fingerprint density at radius 1 is 0.912 bits per heavy atom. The first-order chi connectivity index (χ1) is 16.6. The van der Waals surface area contributed by atoms with Crippen LogP contribution in [0.5, 0.6) is 5.75 Å². The van der Waals surface area contributed by atoms with Crippen molar-refractivity contribution in [1.82, 2.24) is 10.2 Å². The Balaban J connectivity index is 1.36. The van der Waals surface area contributed by atoms with Crippen LogP contribution in [0.2, 0.25) is 10.0 Å². The number of halogens is 2. The number of hydrogen-bond donors (Lipinski definition) is 1. The summed E-state index contributed by atoms with van der Waals surface area (Å²) in [4.78, 5) is 7.25. The molecule has 0 aromatic heterocycles. The molecular formula is C28H29Cl2N3O. The van der Waals surface area contributed by atoms with Crippen LogP contribution in [0, 0.1) is 5.92 Å². The van der Waals surface area contributed by atoms with E-state index in [1.54, 1.807) is 0 Å². The van der Waals surface area contributed by atoms with Gasteiger partial charge < -0.3 is 10.1 Å². The fourth-order valence-electron chi connectivity index (χ4n) is 5.17. The van der Waals surface area contributed by atoms with Crippen LogP contribution in [0.25, 0.3) is 0 Å². The summed E-state index contributed by atoms with van der Waals surface area (Å²) in [7, 11) is 0. The van der Waals surface area contributed by atoms with Crippen LogP contribution in [0.15, 0.2) is 77.8 Å². The third-order valence-electron chi connectivity index (χ3n) is 6.95. The van der Waals surface area contributed by atoms with Gasteiger partial charge in [-0.05, 0) is 72.8 Å². The summed E-state index contributed by atoms with van der Waals surface area (Å²) in [5.74, 6) is 1.32. The van der Waals surface area contributed by atoms with Gasteiger partial charge in [-0.25, -0.2) is 0 Å². The Kier molecular flexibility index (Phi) is 7.21. The third kappa shape index (κ3) is 4.87. The maximum absolute atomic E-state index is 6.47. The van der Waals surface area contributed by atoms with E-state index in [1.165, 1.54) is 5.56 Å². The van der Waals surface area contributed by atoms with Crippen LogP contribution in [0.4, 0.5) is 0 Å². The fourth-order valence-corrected chi connectivity index (χ4v) is 5.47. The van der Waals surface area contributed by atoms with Gasteiger partial charge in [0.15, 0.2) is 0 Å². The van der Waals surface area contributed by atoms with Gasteiger partial charge in [0, 0.05) is 12.8 Å². The van der Waals surface area contributed by atoms with Crippen LogP contribution in [-0.2, 0) is 18.7 Å². The Morgan fingerprint density at radius 2 is 1.68 bits per heavy atom. The van der Waals surface area contributed by atoms with Crippen LogP contribution in [0.1, 0.15) is 29.5 Å². The first-order valence-electron chi connectivity index (χ1n) is 11.8. The van der Waals surface area contributed by atoms with Crippen LogP contribution in [-0.4, -0.2) is 30.9 Å². The van der Waals surface area contributed by atoms with Gasteiger partial charge in [-0.3, -0.25) is 9.89 Å². The fraction of sp³-hybridized carbons (Fsp3) is 0.321. The van der Waals surface area contributed by atoms with E-state index in [-0.39, 0.29) is 5.54 Å². The highest BCUT2D eigenvalue weighted by Gasteiger charge is 2.47. The molecule has 6 heteroatoms. The van der Waals surface area contributed by atoms with E-state index < -0.39 is 0 Å². The zero-order chi connectivity index (χ0) is 23.4. The Hall–Kier alpha value is -2.37. The molecule has 5 rings (SSSR count). The molecule has 1 unspecified atom stereocenters. The van der Waals surface area contributed by atoms with Gasteiger partial charge in [0.05, 0.1) is 22.3 Å². The van der Waals surface area contributed by atoms with Crippen molar-refractivity contribution >= 4 is 29.4 Å². The molecule has 2 heterocycles. The number of rotatable bonds is 7. The average Bonchev–Trinajstić information content (AvgIpc) is 3.30. The van der Waals surface area contributed by atoms with Gasteiger partial charge in [0.25, 0.3) is 0 Å². The van der Waals surface area contributed by atoms with Gasteiger partial charge in [-0.1, -0.05) is 71.7 Å². The lowest BCUT2D eigenvalue weighted by Crippen LogP contribution is -2.52. The van der Waals surface area contributed by atoms with Crippen LogP contribution >= 0.6 is 23.2 Å². The Bertz CT molecular complexity index is 1130. The maximum Gasteiger partial charge on any atom is 0.119 e. The molecule has 0 spiro atoms. The van der Waals surface area contributed by atoms with Gasteiger partial charge in [0.2, 0.25) is 0 Å². The second-order valence-corrected chi connectivity index (χ2v) is 9.86. The molecule has 4 nitrogen and oxygen atoms in total. The SMILES string of the molecule is Clc1ccc(C2(C3CCNCC3)C=NCN2Cc2ccc(OCc3ccccc3)cc2)cc1Cl. The normalized spacial score (nSPS) is 21.1. The number of hydrogen-bond acceptors (Lipinski definition) is 4. The molecule has 2 aliphatic rings. The van der Waals surface area contributed by atoms with Crippen LogP contribution in [0.3, 0.4) is 0 Å². The molecule has 2 aliphatic heterocycles. The van der Waals surface area contributed by atoms with Gasteiger partial charge in [0.1, 0.15) is 12.4 Å².